The predicted octanol–water partition coefficient (Wildman–Crippen LogP) is 3.77. The van der Waals surface area contributed by atoms with E-state index in [4.69, 9.17) is 20.4 Å². The Labute approximate surface area is 268 Å². The van der Waals surface area contributed by atoms with Crippen molar-refractivity contribution in [1.29, 1.82) is 0 Å². The molecule has 2 aromatic carbocycles. The number of likely N-dealkylation sites (tertiary alicyclic amines) is 1. The van der Waals surface area contributed by atoms with Gasteiger partial charge in [0.25, 0.3) is 11.5 Å². The lowest BCUT2D eigenvalue weighted by atomic mass is 10.1. The Morgan fingerprint density at radius 1 is 1.02 bits per heavy atom. The molecule has 4 aromatic heterocycles. The number of hydrogen-bond donors (Lipinski definition) is 3. The summed E-state index contributed by atoms with van der Waals surface area (Å²) in [5.41, 5.74) is 11.2. The van der Waals surface area contributed by atoms with Gasteiger partial charge in [0.2, 0.25) is 0 Å². The van der Waals surface area contributed by atoms with Gasteiger partial charge in [-0.15, -0.1) is 0 Å². The number of aromatic nitrogens is 6. The van der Waals surface area contributed by atoms with Crippen LogP contribution in [0, 0.1) is 11.8 Å². The number of aromatic amines is 2. The van der Waals surface area contributed by atoms with Crippen LogP contribution >= 0.6 is 0 Å². The molecule has 2 aliphatic carbocycles. The van der Waals surface area contributed by atoms with Crippen molar-refractivity contribution in [2.24, 2.45) is 24.6 Å². The van der Waals surface area contributed by atoms with E-state index in [0.717, 1.165) is 71.6 Å². The first kappa shape index (κ1) is 28.0. The van der Waals surface area contributed by atoms with Crippen LogP contribution in [0.4, 0.5) is 0 Å². The van der Waals surface area contributed by atoms with Gasteiger partial charge in [0, 0.05) is 48.7 Å². The number of pyridine rings is 1. The van der Waals surface area contributed by atoms with E-state index in [2.05, 4.69) is 20.6 Å². The average Bonchev–Trinajstić information content (AvgIpc) is 3.47. The molecule has 1 aliphatic heterocycles. The van der Waals surface area contributed by atoms with E-state index < -0.39 is 11.2 Å². The zero-order chi connectivity index (χ0) is 32.1. The number of amides is 1. The van der Waals surface area contributed by atoms with E-state index in [9.17, 15) is 14.4 Å². The van der Waals surface area contributed by atoms with Gasteiger partial charge in [0.15, 0.2) is 5.82 Å². The van der Waals surface area contributed by atoms with E-state index in [0.29, 0.717) is 46.1 Å². The van der Waals surface area contributed by atoms with Crippen LogP contribution in [-0.4, -0.2) is 65.6 Å². The second-order valence-corrected chi connectivity index (χ2v) is 13.3. The molecule has 12 nitrogen and oxygen atoms in total. The van der Waals surface area contributed by atoms with Crippen LogP contribution in [0.5, 0.6) is 5.75 Å². The van der Waals surface area contributed by atoms with Gasteiger partial charge in [-0.1, -0.05) is 6.07 Å². The quantitative estimate of drug-likeness (QED) is 0.253. The summed E-state index contributed by atoms with van der Waals surface area (Å²) in [6.45, 7) is 1.50. The van der Waals surface area contributed by atoms with Gasteiger partial charge in [-0.2, -0.15) is 0 Å². The number of aryl methyl sites for hydroxylation is 1. The van der Waals surface area contributed by atoms with Crippen LogP contribution in [0.2, 0.25) is 0 Å². The summed E-state index contributed by atoms with van der Waals surface area (Å²) in [6.07, 6.45) is 4.35. The molecule has 1 saturated heterocycles. The van der Waals surface area contributed by atoms with Crippen LogP contribution in [-0.2, 0) is 13.6 Å². The standard InChI is InChI=1S/C35H34N8O4/c1-41-30-25(12-21(14-28(30)47-2)34(45)43-16-20-7-10-26(43)29(20)36)38-32(41)27-13-19-6-9-23(37-31(19)42(27)15-17-3-4-17)18-5-8-22-24(11-18)39-35(46)40-33(22)44/h5-6,8-9,11-14,17,20,26,29H,3-4,7,10,15-16,36H2,1-2H3,(H2,39,40,44,46)/t20?,26?,29-/m1/s1. The molecule has 6 aromatic rings. The smallest absolute Gasteiger partial charge is 0.326 e. The van der Waals surface area contributed by atoms with Gasteiger partial charge < -0.3 is 29.5 Å². The van der Waals surface area contributed by atoms with Crippen molar-refractivity contribution in [2.75, 3.05) is 13.7 Å². The lowest BCUT2D eigenvalue weighted by Crippen LogP contribution is -2.41. The normalized spacial score (nSPS) is 20.7. The monoisotopic (exact) mass is 630 g/mol. The molecule has 9 rings (SSSR count). The predicted molar refractivity (Wildman–Crippen MR) is 178 cm³/mol. The van der Waals surface area contributed by atoms with E-state index in [-0.39, 0.29) is 18.0 Å². The molecule has 238 valence electrons. The minimum Gasteiger partial charge on any atom is -0.494 e. The number of H-pyrrole nitrogens is 2. The highest BCUT2D eigenvalue weighted by Crippen LogP contribution is 2.40. The van der Waals surface area contributed by atoms with Gasteiger partial charge in [-0.3, -0.25) is 14.6 Å². The Hall–Kier alpha value is -5.23. The van der Waals surface area contributed by atoms with Crippen molar-refractivity contribution in [2.45, 2.75) is 44.3 Å². The minimum absolute atomic E-state index is 0.0259. The first-order valence-corrected chi connectivity index (χ1v) is 16.2. The summed E-state index contributed by atoms with van der Waals surface area (Å²) in [6, 6.07) is 15.3. The van der Waals surface area contributed by atoms with Crippen LogP contribution in [0.15, 0.2) is 58.1 Å². The number of nitrogens with zero attached hydrogens (tertiary/aromatic N) is 5. The van der Waals surface area contributed by atoms with E-state index in [1.165, 1.54) is 0 Å². The number of hydrogen-bond acceptors (Lipinski definition) is 7. The van der Waals surface area contributed by atoms with Gasteiger partial charge in [-0.05, 0) is 80.0 Å². The van der Waals surface area contributed by atoms with E-state index >= 15 is 0 Å². The first-order chi connectivity index (χ1) is 22.8. The highest BCUT2D eigenvalue weighted by molar-refractivity contribution is 6.00. The maximum absolute atomic E-state index is 13.7. The summed E-state index contributed by atoms with van der Waals surface area (Å²) >= 11 is 0. The number of imidazole rings is 1. The molecular weight excluding hydrogens is 596 g/mol. The Morgan fingerprint density at radius 3 is 2.62 bits per heavy atom. The number of benzene rings is 2. The first-order valence-electron chi connectivity index (χ1n) is 16.2. The summed E-state index contributed by atoms with van der Waals surface area (Å²) < 4.78 is 10.1. The third kappa shape index (κ3) is 4.34. The molecule has 3 fully saturated rings. The molecule has 2 saturated carbocycles. The number of nitrogens with two attached hydrogens (primary N) is 1. The largest absolute Gasteiger partial charge is 0.494 e. The van der Waals surface area contributed by atoms with Crippen molar-refractivity contribution in [3.63, 3.8) is 0 Å². The fourth-order valence-electron chi connectivity index (χ4n) is 7.81. The van der Waals surface area contributed by atoms with E-state index in [1.54, 1.807) is 19.2 Å². The molecule has 3 atom stereocenters. The summed E-state index contributed by atoms with van der Waals surface area (Å²) in [5, 5.41) is 1.39. The lowest BCUT2D eigenvalue weighted by molar-refractivity contribution is 0.0700. The zero-order valence-corrected chi connectivity index (χ0v) is 26.1. The number of methoxy groups -OCH3 is 1. The van der Waals surface area contributed by atoms with Crippen LogP contribution < -0.4 is 21.7 Å². The fraction of sp³-hybridized carbons (Fsp3) is 0.343. The molecule has 0 radical (unpaired) electrons. The minimum atomic E-state index is -0.547. The lowest BCUT2D eigenvalue weighted by Gasteiger charge is -2.27. The second kappa shape index (κ2) is 10.1. The fourth-order valence-corrected chi connectivity index (χ4v) is 7.81. The Bertz CT molecular complexity index is 2400. The van der Waals surface area contributed by atoms with Crippen LogP contribution in [0.3, 0.4) is 0 Å². The third-order valence-corrected chi connectivity index (χ3v) is 10.5. The van der Waals surface area contributed by atoms with Crippen molar-refractivity contribution in [1.82, 2.24) is 34.0 Å². The van der Waals surface area contributed by atoms with Gasteiger partial charge in [-0.25, -0.2) is 14.8 Å². The van der Waals surface area contributed by atoms with Gasteiger partial charge in [0.1, 0.15) is 16.9 Å². The molecule has 4 N–H and O–H groups in total. The van der Waals surface area contributed by atoms with E-state index in [1.807, 2.05) is 46.8 Å². The van der Waals surface area contributed by atoms with Crippen molar-refractivity contribution < 1.29 is 9.53 Å². The number of rotatable bonds is 6. The average molecular weight is 631 g/mol. The number of nitrogens with one attached hydrogen (secondary N) is 2. The van der Waals surface area contributed by atoms with Crippen molar-refractivity contribution >= 4 is 38.9 Å². The maximum Gasteiger partial charge on any atom is 0.326 e. The summed E-state index contributed by atoms with van der Waals surface area (Å²) in [7, 11) is 3.60. The SMILES string of the molecule is COc1cc(C(=O)N2CC3CCC2[C@@H]3N)cc2nc(-c3cc4ccc(-c5ccc6c(=O)[nH]c(=O)[nH]c6c5)nc4n3CC3CC3)n(C)c12. The number of ether oxygens (including phenoxy) is 1. The number of carbonyl (C=O) groups is 1. The molecule has 3 aliphatic rings. The molecule has 2 unspecified atom stereocenters. The Balaban J connectivity index is 1.16. The molecule has 1 amide bonds. The molecule has 5 heterocycles. The number of fused-ring (bicyclic) bond motifs is 5. The third-order valence-electron chi connectivity index (χ3n) is 10.5. The van der Waals surface area contributed by atoms with Gasteiger partial charge >= 0.3 is 5.69 Å². The molecule has 2 bridgehead atoms. The van der Waals surface area contributed by atoms with Gasteiger partial charge in [0.05, 0.1) is 34.9 Å². The highest BCUT2D eigenvalue weighted by atomic mass is 16.5. The number of piperidine rings is 1. The zero-order valence-electron chi connectivity index (χ0n) is 26.1. The Morgan fingerprint density at radius 2 is 1.87 bits per heavy atom. The number of carbonyl (C=O) groups excluding carboxylic acids is 1. The molecule has 12 heteroatoms. The Kier molecular flexibility index (Phi) is 6.04. The molecule has 47 heavy (non-hydrogen) atoms. The van der Waals surface area contributed by atoms with Crippen molar-refractivity contribution in [3.8, 4) is 28.5 Å². The maximum atomic E-state index is 13.7. The topological polar surface area (TPSA) is 157 Å². The van der Waals surface area contributed by atoms with Crippen LogP contribution in [0.1, 0.15) is 36.0 Å². The summed E-state index contributed by atoms with van der Waals surface area (Å²) in [5.74, 6) is 2.25. The highest BCUT2D eigenvalue weighted by Gasteiger charge is 2.47. The molecule has 0 spiro atoms. The van der Waals surface area contributed by atoms with Crippen molar-refractivity contribution in [3.05, 3.63) is 74.9 Å². The second-order valence-electron chi connectivity index (χ2n) is 13.3. The molecular formula is C35H34N8O4. The van der Waals surface area contributed by atoms with Crippen LogP contribution in [0.25, 0.3) is 55.7 Å². The summed E-state index contributed by atoms with van der Waals surface area (Å²) in [4.78, 5) is 55.1.